The van der Waals surface area contributed by atoms with Crippen LogP contribution in [0.15, 0.2) is 28.7 Å². The van der Waals surface area contributed by atoms with E-state index in [1.165, 1.54) is 17.4 Å². The molecule has 17 heavy (non-hydrogen) atoms. The molecule has 0 N–H and O–H groups in total. The summed E-state index contributed by atoms with van der Waals surface area (Å²) >= 11 is 20.1. The molecule has 0 amide bonds. The second-order valence-corrected chi connectivity index (χ2v) is 7.13. The first kappa shape index (κ1) is 13.8. The Balaban J connectivity index is 2.47. The third-order valence-corrected chi connectivity index (χ3v) is 6.29. The Kier molecular flexibility index (Phi) is 4.53. The number of hydrogen-bond acceptors (Lipinski definition) is 1. The highest BCUT2D eigenvalue weighted by molar-refractivity contribution is 9.10. The molecule has 0 saturated carbocycles. The first-order valence-corrected chi connectivity index (χ1v) is 7.81. The van der Waals surface area contributed by atoms with E-state index in [4.69, 9.17) is 23.2 Å². The molecule has 0 radical (unpaired) electrons. The van der Waals surface area contributed by atoms with Crippen LogP contribution in [-0.2, 0) is 0 Å². The van der Waals surface area contributed by atoms with E-state index in [1.807, 2.05) is 6.07 Å². The van der Waals surface area contributed by atoms with Crippen molar-refractivity contribution >= 4 is 66.4 Å². The van der Waals surface area contributed by atoms with E-state index in [2.05, 4.69) is 31.9 Å². The fourth-order valence-electron chi connectivity index (χ4n) is 1.38. The van der Waals surface area contributed by atoms with Gasteiger partial charge in [0.25, 0.3) is 0 Å². The molecule has 1 unspecified atom stereocenters. The lowest BCUT2D eigenvalue weighted by atomic mass is 10.1. The molecule has 90 valence electrons. The fourth-order valence-corrected chi connectivity index (χ4v) is 4.39. The van der Waals surface area contributed by atoms with Gasteiger partial charge in [0.2, 0.25) is 0 Å². The summed E-state index contributed by atoms with van der Waals surface area (Å²) in [6, 6.07) is 6.49. The van der Waals surface area contributed by atoms with E-state index < -0.39 is 0 Å². The summed E-state index contributed by atoms with van der Waals surface area (Å²) in [4.78, 5) is 0.596. The highest BCUT2D eigenvalue weighted by Crippen LogP contribution is 2.43. The average molecular weight is 419 g/mol. The zero-order valence-corrected chi connectivity index (χ0v) is 13.7. The third-order valence-electron chi connectivity index (χ3n) is 2.17. The van der Waals surface area contributed by atoms with Gasteiger partial charge < -0.3 is 0 Å². The fraction of sp³-hybridized carbons (Fsp3) is 0.0909. The first-order valence-electron chi connectivity index (χ1n) is 4.53. The Labute approximate surface area is 129 Å². The number of alkyl halides is 1. The molecule has 1 aromatic heterocycles. The Hall–Kier alpha value is 0.390. The molecule has 0 aliphatic rings. The summed E-state index contributed by atoms with van der Waals surface area (Å²) in [7, 11) is 0. The second-order valence-electron chi connectivity index (χ2n) is 3.27. The van der Waals surface area contributed by atoms with Crippen LogP contribution in [0.4, 0.5) is 4.39 Å². The van der Waals surface area contributed by atoms with Crippen LogP contribution in [-0.4, -0.2) is 0 Å². The Morgan fingerprint density at radius 2 is 2.00 bits per heavy atom. The lowest BCUT2D eigenvalue weighted by Crippen LogP contribution is -1.95. The molecule has 0 nitrogen and oxygen atoms in total. The van der Waals surface area contributed by atoms with Crippen LogP contribution in [0.25, 0.3) is 0 Å². The van der Waals surface area contributed by atoms with Crippen LogP contribution in [0.1, 0.15) is 15.3 Å². The molecule has 0 aliphatic carbocycles. The molecule has 1 heterocycles. The lowest BCUT2D eigenvalue weighted by Gasteiger charge is -2.11. The molecule has 2 rings (SSSR count). The molecular weight excluding hydrogens is 414 g/mol. The Bertz CT molecular complexity index is 517. The monoisotopic (exact) mass is 416 g/mol. The molecule has 1 aromatic carbocycles. The van der Waals surface area contributed by atoms with E-state index in [1.54, 1.807) is 12.1 Å². The van der Waals surface area contributed by atoms with Crippen LogP contribution in [0, 0.1) is 5.82 Å². The summed E-state index contributed by atoms with van der Waals surface area (Å²) in [5, 5.41) is 0.396. The van der Waals surface area contributed by atoms with Crippen molar-refractivity contribution in [1.29, 1.82) is 0 Å². The summed E-state index contributed by atoms with van der Waals surface area (Å²) in [6.45, 7) is 0. The van der Waals surface area contributed by atoms with Gasteiger partial charge in [0.15, 0.2) is 0 Å². The Morgan fingerprint density at radius 1 is 1.29 bits per heavy atom. The van der Waals surface area contributed by atoms with Crippen molar-refractivity contribution in [1.82, 2.24) is 0 Å². The minimum absolute atomic E-state index is 0.301. The van der Waals surface area contributed by atoms with Gasteiger partial charge in [-0.05, 0) is 34.1 Å². The van der Waals surface area contributed by atoms with Crippen molar-refractivity contribution in [2.75, 3.05) is 0 Å². The molecular formula is C11H5Br2Cl2FS. The highest BCUT2D eigenvalue weighted by atomic mass is 79.9. The summed E-state index contributed by atoms with van der Waals surface area (Å²) in [5.41, 5.74) is 0.430. The van der Waals surface area contributed by atoms with Crippen molar-refractivity contribution in [2.45, 2.75) is 4.83 Å². The normalized spacial score (nSPS) is 12.8. The van der Waals surface area contributed by atoms with Crippen LogP contribution in [0.2, 0.25) is 9.36 Å². The van der Waals surface area contributed by atoms with Crippen molar-refractivity contribution in [3.8, 4) is 0 Å². The maximum absolute atomic E-state index is 13.7. The molecule has 0 saturated heterocycles. The number of rotatable bonds is 2. The van der Waals surface area contributed by atoms with Gasteiger partial charge in [0, 0.05) is 19.9 Å². The quantitative estimate of drug-likeness (QED) is 0.492. The van der Waals surface area contributed by atoms with Crippen LogP contribution >= 0.6 is 66.4 Å². The maximum atomic E-state index is 13.7. The number of halogens is 5. The average Bonchev–Trinajstić information content (AvgIpc) is 2.59. The molecule has 0 fully saturated rings. The first-order chi connectivity index (χ1) is 8.00. The Morgan fingerprint density at radius 3 is 2.53 bits per heavy atom. The molecule has 2 aromatic rings. The van der Waals surface area contributed by atoms with Crippen LogP contribution < -0.4 is 0 Å². The topological polar surface area (TPSA) is 0 Å². The predicted molar refractivity (Wildman–Crippen MR) is 79.2 cm³/mol. The predicted octanol–water partition coefficient (Wildman–Crippen LogP) is 6.44. The highest BCUT2D eigenvalue weighted by Gasteiger charge is 2.20. The van der Waals surface area contributed by atoms with Gasteiger partial charge in [-0.15, -0.1) is 11.3 Å². The molecule has 1 atom stereocenters. The van der Waals surface area contributed by atoms with E-state index in [-0.39, 0.29) is 10.6 Å². The lowest BCUT2D eigenvalue weighted by molar-refractivity contribution is 0.614. The summed E-state index contributed by atoms with van der Waals surface area (Å²) in [5.74, 6) is -0.333. The second kappa shape index (κ2) is 5.57. The number of thiophene rings is 1. The smallest absolute Gasteiger partial charge is 0.129 e. The molecule has 0 aliphatic heterocycles. The largest absolute Gasteiger partial charge is 0.207 e. The van der Waals surface area contributed by atoms with Gasteiger partial charge in [0.05, 0.1) is 4.83 Å². The van der Waals surface area contributed by atoms with E-state index in [0.717, 1.165) is 9.35 Å². The zero-order valence-electron chi connectivity index (χ0n) is 8.18. The molecule has 0 spiro atoms. The standard InChI is InChI=1S/C11H5Br2Cl2FS/c12-5-4-8(17-11(5)15)10(13)9-6(14)2-1-3-7(9)16/h1-4,10H. The van der Waals surface area contributed by atoms with E-state index >= 15 is 0 Å². The van der Waals surface area contributed by atoms with Gasteiger partial charge in [-0.3, -0.25) is 0 Å². The maximum Gasteiger partial charge on any atom is 0.129 e. The minimum atomic E-state index is -0.333. The van der Waals surface area contributed by atoms with Crippen LogP contribution in [0.5, 0.6) is 0 Å². The van der Waals surface area contributed by atoms with Gasteiger partial charge in [-0.2, -0.15) is 0 Å². The van der Waals surface area contributed by atoms with Crippen LogP contribution in [0.3, 0.4) is 0 Å². The number of hydrogen-bond donors (Lipinski definition) is 0. The minimum Gasteiger partial charge on any atom is -0.207 e. The van der Waals surface area contributed by atoms with Gasteiger partial charge in [-0.25, -0.2) is 4.39 Å². The third kappa shape index (κ3) is 2.87. The van der Waals surface area contributed by atoms with Gasteiger partial charge >= 0.3 is 0 Å². The SMILES string of the molecule is Fc1cccc(Cl)c1C(Br)c1cc(Br)c(Cl)s1. The van der Waals surface area contributed by atoms with E-state index in [0.29, 0.717) is 14.9 Å². The van der Waals surface area contributed by atoms with Gasteiger partial charge in [0.1, 0.15) is 10.2 Å². The summed E-state index contributed by atoms with van der Waals surface area (Å²) < 4.78 is 15.2. The van der Waals surface area contributed by atoms with Gasteiger partial charge in [-0.1, -0.05) is 45.2 Å². The van der Waals surface area contributed by atoms with Crippen molar-refractivity contribution < 1.29 is 4.39 Å². The summed E-state index contributed by atoms with van der Waals surface area (Å²) in [6.07, 6.45) is 0. The number of benzene rings is 1. The molecule has 6 heteroatoms. The van der Waals surface area contributed by atoms with Crippen molar-refractivity contribution in [3.05, 3.63) is 54.4 Å². The zero-order chi connectivity index (χ0) is 12.6. The van der Waals surface area contributed by atoms with Crippen molar-refractivity contribution in [3.63, 3.8) is 0 Å². The molecule has 0 bridgehead atoms. The van der Waals surface area contributed by atoms with E-state index in [9.17, 15) is 4.39 Å². The van der Waals surface area contributed by atoms with Crippen molar-refractivity contribution in [2.24, 2.45) is 0 Å².